The third-order valence-electron chi connectivity index (χ3n) is 7.11. The van der Waals surface area contributed by atoms with Crippen LogP contribution in [-0.2, 0) is 22.4 Å². The van der Waals surface area contributed by atoms with E-state index in [0.717, 1.165) is 36.7 Å². The molecule has 1 amide bonds. The van der Waals surface area contributed by atoms with E-state index in [0.29, 0.717) is 18.9 Å². The van der Waals surface area contributed by atoms with Crippen LogP contribution >= 0.6 is 0 Å². The van der Waals surface area contributed by atoms with E-state index in [1.165, 1.54) is 32.1 Å². The van der Waals surface area contributed by atoms with Crippen molar-refractivity contribution in [3.63, 3.8) is 0 Å². The molecular weight excluding hydrogens is 408 g/mol. The highest BCUT2D eigenvalue weighted by Crippen LogP contribution is 2.34. The van der Waals surface area contributed by atoms with Crippen LogP contribution < -0.4 is 5.32 Å². The molecule has 2 saturated heterocycles. The normalized spacial score (nSPS) is 28.2. The van der Waals surface area contributed by atoms with Gasteiger partial charge in [0.25, 0.3) is 5.91 Å². The van der Waals surface area contributed by atoms with E-state index in [9.17, 15) is 4.79 Å². The number of nitrogens with one attached hydrogen (secondary N) is 1. The van der Waals surface area contributed by atoms with E-state index in [-0.39, 0.29) is 30.2 Å². The predicted octanol–water partition coefficient (Wildman–Crippen LogP) is 2.45. The summed E-state index contributed by atoms with van der Waals surface area (Å²) >= 11 is 0. The monoisotopic (exact) mass is 442 g/mol. The van der Waals surface area contributed by atoms with E-state index in [1.54, 1.807) is 0 Å². The van der Waals surface area contributed by atoms with Crippen LogP contribution in [0.4, 0.5) is 0 Å². The van der Waals surface area contributed by atoms with Crippen molar-refractivity contribution in [3.8, 4) is 0 Å². The van der Waals surface area contributed by atoms with Gasteiger partial charge >= 0.3 is 0 Å². The maximum Gasteiger partial charge on any atom is 0.272 e. The smallest absolute Gasteiger partial charge is 0.272 e. The molecule has 5 rings (SSSR count). The van der Waals surface area contributed by atoms with Gasteiger partial charge in [-0.3, -0.25) is 9.48 Å². The maximum absolute atomic E-state index is 12.8. The fourth-order valence-corrected chi connectivity index (χ4v) is 5.39. The highest BCUT2D eigenvalue weighted by atomic mass is 16.6. The number of carbonyl (C=O) groups is 1. The molecule has 1 saturated carbocycles. The number of nitrogens with zero attached hydrogens (tertiary/aromatic N) is 5. The number of fused-ring (bicyclic) bond motifs is 1. The summed E-state index contributed by atoms with van der Waals surface area (Å²) in [6, 6.07) is 1.62. The van der Waals surface area contributed by atoms with Gasteiger partial charge in [-0.1, -0.05) is 44.2 Å². The minimum Gasteiger partial charge on any atom is -0.371 e. The minimum atomic E-state index is -0.195. The zero-order valence-electron chi connectivity index (χ0n) is 19.1. The molecule has 9 nitrogen and oxygen atoms in total. The lowest BCUT2D eigenvalue weighted by atomic mass is 9.86. The zero-order chi connectivity index (χ0) is 22.1. The second kappa shape index (κ2) is 9.31. The van der Waals surface area contributed by atoms with Crippen LogP contribution in [0.3, 0.4) is 0 Å². The molecule has 3 aliphatic rings. The van der Waals surface area contributed by atoms with E-state index in [4.69, 9.17) is 9.47 Å². The highest BCUT2D eigenvalue weighted by Gasteiger charge is 2.49. The van der Waals surface area contributed by atoms with Gasteiger partial charge < -0.3 is 14.8 Å². The molecule has 174 valence electrons. The Labute approximate surface area is 188 Å². The SMILES string of the molecule is CCCn1nc(C(=O)NC2COC3C2OCC3n2cc(CC3CCCCC3)nn2)cc1C. The van der Waals surface area contributed by atoms with Crippen LogP contribution in [0.25, 0.3) is 0 Å². The van der Waals surface area contributed by atoms with Crippen molar-refractivity contribution in [1.82, 2.24) is 30.1 Å². The number of carbonyl (C=O) groups excluding carboxylic acids is 1. The van der Waals surface area contributed by atoms with Gasteiger partial charge in [-0.15, -0.1) is 5.10 Å². The zero-order valence-corrected chi connectivity index (χ0v) is 19.1. The van der Waals surface area contributed by atoms with Gasteiger partial charge in [-0.25, -0.2) is 4.68 Å². The molecule has 2 aromatic rings. The van der Waals surface area contributed by atoms with Crippen molar-refractivity contribution in [2.24, 2.45) is 5.92 Å². The molecule has 1 aliphatic carbocycles. The van der Waals surface area contributed by atoms with Crippen molar-refractivity contribution >= 4 is 5.91 Å². The summed E-state index contributed by atoms with van der Waals surface area (Å²) in [7, 11) is 0. The number of hydrogen-bond donors (Lipinski definition) is 1. The summed E-state index contributed by atoms with van der Waals surface area (Å²) in [6.45, 7) is 5.81. The summed E-state index contributed by atoms with van der Waals surface area (Å²) in [5.74, 6) is 0.549. The Morgan fingerprint density at radius 2 is 2.00 bits per heavy atom. The second-order valence-electron chi connectivity index (χ2n) is 9.54. The first-order chi connectivity index (χ1) is 15.6. The summed E-state index contributed by atoms with van der Waals surface area (Å²) in [5.41, 5.74) is 2.49. The van der Waals surface area contributed by atoms with Crippen LogP contribution in [0.5, 0.6) is 0 Å². The van der Waals surface area contributed by atoms with E-state index >= 15 is 0 Å². The molecular formula is C23H34N6O3. The Morgan fingerprint density at radius 3 is 2.81 bits per heavy atom. The van der Waals surface area contributed by atoms with E-state index < -0.39 is 0 Å². The first-order valence-electron chi connectivity index (χ1n) is 12.1. The Bertz CT molecular complexity index is 934. The van der Waals surface area contributed by atoms with Gasteiger partial charge in [0, 0.05) is 18.4 Å². The Hall–Kier alpha value is -2.26. The molecule has 0 radical (unpaired) electrons. The van der Waals surface area contributed by atoms with Crippen molar-refractivity contribution in [1.29, 1.82) is 0 Å². The van der Waals surface area contributed by atoms with Crippen LogP contribution in [-0.4, -0.2) is 62.1 Å². The first-order valence-corrected chi connectivity index (χ1v) is 12.1. The van der Waals surface area contributed by atoms with Gasteiger partial charge in [-0.2, -0.15) is 5.10 Å². The van der Waals surface area contributed by atoms with Crippen LogP contribution in [0.1, 0.15) is 73.4 Å². The topological polar surface area (TPSA) is 96.1 Å². The molecule has 0 spiro atoms. The van der Waals surface area contributed by atoms with Gasteiger partial charge in [0.05, 0.1) is 24.9 Å². The quantitative estimate of drug-likeness (QED) is 0.708. The molecule has 4 atom stereocenters. The highest BCUT2D eigenvalue weighted by molar-refractivity contribution is 5.92. The fourth-order valence-electron chi connectivity index (χ4n) is 5.39. The summed E-state index contributed by atoms with van der Waals surface area (Å²) in [5, 5.41) is 16.3. The number of rotatable bonds is 7. The largest absolute Gasteiger partial charge is 0.371 e. The van der Waals surface area contributed by atoms with Crippen molar-refractivity contribution in [3.05, 3.63) is 29.3 Å². The standard InChI is InChI=1S/C23H34N6O3/c1-3-9-28-15(2)10-18(26-28)23(30)24-19-13-31-22-20(14-32-21(19)22)29-12-17(25-27-29)11-16-7-5-4-6-8-16/h10,12,16,19-22H,3-9,11,13-14H2,1-2H3,(H,24,30). The molecule has 2 aromatic heterocycles. The second-order valence-corrected chi connectivity index (χ2v) is 9.54. The number of aromatic nitrogens is 5. The lowest BCUT2D eigenvalue weighted by Crippen LogP contribution is -2.44. The summed E-state index contributed by atoms with van der Waals surface area (Å²) < 4.78 is 15.9. The van der Waals surface area contributed by atoms with Crippen LogP contribution in [0.2, 0.25) is 0 Å². The molecule has 1 N–H and O–H groups in total. The minimum absolute atomic E-state index is 0.0134. The van der Waals surface area contributed by atoms with Gasteiger partial charge in [0.2, 0.25) is 0 Å². The predicted molar refractivity (Wildman–Crippen MR) is 117 cm³/mol. The molecule has 2 aliphatic heterocycles. The van der Waals surface area contributed by atoms with E-state index in [1.807, 2.05) is 22.4 Å². The lowest BCUT2D eigenvalue weighted by Gasteiger charge is -2.20. The molecule has 32 heavy (non-hydrogen) atoms. The lowest BCUT2D eigenvalue weighted by molar-refractivity contribution is 0.0613. The Kier molecular flexibility index (Phi) is 6.28. The number of aryl methyl sites for hydroxylation is 2. The maximum atomic E-state index is 12.8. The molecule has 3 fully saturated rings. The summed E-state index contributed by atoms with van der Waals surface area (Å²) in [4.78, 5) is 12.8. The van der Waals surface area contributed by atoms with Crippen molar-refractivity contribution < 1.29 is 14.3 Å². The van der Waals surface area contributed by atoms with Gasteiger partial charge in [0.1, 0.15) is 23.9 Å². The number of ether oxygens (including phenoxy) is 2. The number of amides is 1. The molecule has 4 unspecified atom stereocenters. The molecule has 9 heteroatoms. The van der Waals surface area contributed by atoms with Crippen LogP contribution in [0.15, 0.2) is 12.3 Å². The summed E-state index contributed by atoms with van der Waals surface area (Å²) in [6.07, 6.45) is 10.3. The van der Waals surface area contributed by atoms with Gasteiger partial charge in [0.15, 0.2) is 0 Å². The van der Waals surface area contributed by atoms with Crippen LogP contribution in [0, 0.1) is 12.8 Å². The third kappa shape index (κ3) is 4.32. The molecule has 4 heterocycles. The van der Waals surface area contributed by atoms with Crippen molar-refractivity contribution in [2.45, 2.75) is 89.6 Å². The third-order valence-corrected chi connectivity index (χ3v) is 7.11. The number of hydrogen-bond acceptors (Lipinski definition) is 6. The first kappa shape index (κ1) is 21.6. The van der Waals surface area contributed by atoms with Crippen molar-refractivity contribution in [2.75, 3.05) is 13.2 Å². The Balaban J connectivity index is 1.19. The average Bonchev–Trinajstić information content (AvgIpc) is 3.56. The molecule has 0 aromatic carbocycles. The Morgan fingerprint density at radius 1 is 1.19 bits per heavy atom. The fraction of sp³-hybridized carbons (Fsp3) is 0.739. The van der Waals surface area contributed by atoms with Gasteiger partial charge in [-0.05, 0) is 31.7 Å². The van der Waals surface area contributed by atoms with E-state index in [2.05, 4.69) is 33.8 Å². The average molecular weight is 443 g/mol. The molecule has 0 bridgehead atoms.